The third-order valence-electron chi connectivity index (χ3n) is 5.76. The Hall–Kier alpha value is -2.90. The highest BCUT2D eigenvalue weighted by Crippen LogP contribution is 2.37. The Kier molecular flexibility index (Phi) is 3.84. The molecule has 0 aromatic carbocycles. The van der Waals surface area contributed by atoms with Crippen molar-refractivity contribution in [1.82, 2.24) is 24.6 Å². The SMILES string of the molecule is COc1nccnc1N1CCC2CCN(c3cc(C)nc4ccnn34)C2C1. The Bertz CT molecular complexity index is 972. The number of hydrogen-bond acceptors (Lipinski definition) is 7. The van der Waals surface area contributed by atoms with E-state index in [1.165, 1.54) is 6.42 Å². The summed E-state index contributed by atoms with van der Waals surface area (Å²) in [7, 11) is 1.65. The minimum Gasteiger partial charge on any atom is -0.478 e. The highest BCUT2D eigenvalue weighted by atomic mass is 16.5. The van der Waals surface area contributed by atoms with Crippen molar-refractivity contribution in [2.75, 3.05) is 36.5 Å². The van der Waals surface area contributed by atoms with E-state index in [0.29, 0.717) is 17.8 Å². The molecule has 8 nitrogen and oxygen atoms in total. The second-order valence-electron chi connectivity index (χ2n) is 7.29. The molecule has 0 amide bonds. The number of hydrogen-bond donors (Lipinski definition) is 0. The summed E-state index contributed by atoms with van der Waals surface area (Å²) in [6.45, 7) is 4.97. The normalized spacial score (nSPS) is 22.3. The van der Waals surface area contributed by atoms with Crippen LogP contribution in [-0.2, 0) is 0 Å². The number of aryl methyl sites for hydroxylation is 1. The van der Waals surface area contributed by atoms with Crippen molar-refractivity contribution in [3.63, 3.8) is 0 Å². The van der Waals surface area contributed by atoms with Crippen LogP contribution in [-0.4, -0.2) is 57.4 Å². The average Bonchev–Trinajstić information content (AvgIpc) is 3.33. The van der Waals surface area contributed by atoms with E-state index in [-0.39, 0.29) is 0 Å². The Morgan fingerprint density at radius 3 is 2.85 bits per heavy atom. The van der Waals surface area contributed by atoms with Crippen LogP contribution in [0.25, 0.3) is 5.65 Å². The number of aromatic nitrogens is 5. The molecule has 2 unspecified atom stereocenters. The Labute approximate surface area is 157 Å². The van der Waals surface area contributed by atoms with E-state index in [0.717, 1.165) is 49.0 Å². The third kappa shape index (κ3) is 2.67. The fourth-order valence-electron chi connectivity index (χ4n) is 4.52. The van der Waals surface area contributed by atoms with Crippen LogP contribution in [0, 0.1) is 12.8 Å². The molecule has 3 aromatic heterocycles. The molecule has 0 saturated carbocycles. The first kappa shape index (κ1) is 16.3. The van der Waals surface area contributed by atoms with Crippen molar-refractivity contribution in [2.24, 2.45) is 5.92 Å². The lowest BCUT2D eigenvalue weighted by atomic mass is 9.92. The molecule has 2 aliphatic rings. The molecular formula is C19H23N7O. The minimum atomic E-state index is 0.416. The Morgan fingerprint density at radius 2 is 1.96 bits per heavy atom. The van der Waals surface area contributed by atoms with E-state index in [1.807, 2.05) is 23.7 Å². The van der Waals surface area contributed by atoms with E-state index < -0.39 is 0 Å². The van der Waals surface area contributed by atoms with Crippen LogP contribution in [0.3, 0.4) is 0 Å². The zero-order valence-electron chi connectivity index (χ0n) is 15.6. The molecule has 5 rings (SSSR count). The Morgan fingerprint density at radius 1 is 1.11 bits per heavy atom. The van der Waals surface area contributed by atoms with E-state index in [4.69, 9.17) is 4.74 Å². The minimum absolute atomic E-state index is 0.416. The largest absolute Gasteiger partial charge is 0.478 e. The molecule has 0 radical (unpaired) electrons. The maximum absolute atomic E-state index is 5.43. The van der Waals surface area contributed by atoms with E-state index in [1.54, 1.807) is 19.5 Å². The number of fused-ring (bicyclic) bond motifs is 2. The molecule has 3 aromatic rings. The Balaban J connectivity index is 1.49. The summed E-state index contributed by atoms with van der Waals surface area (Å²) in [5.74, 6) is 3.24. The van der Waals surface area contributed by atoms with Gasteiger partial charge in [-0.05, 0) is 25.7 Å². The van der Waals surface area contributed by atoms with Gasteiger partial charge in [0.25, 0.3) is 5.88 Å². The van der Waals surface area contributed by atoms with Crippen molar-refractivity contribution in [1.29, 1.82) is 0 Å². The van der Waals surface area contributed by atoms with Crippen LogP contribution >= 0.6 is 0 Å². The van der Waals surface area contributed by atoms with Gasteiger partial charge < -0.3 is 14.5 Å². The van der Waals surface area contributed by atoms with Gasteiger partial charge in [0.1, 0.15) is 5.82 Å². The summed E-state index contributed by atoms with van der Waals surface area (Å²) < 4.78 is 7.39. The van der Waals surface area contributed by atoms with Gasteiger partial charge in [-0.2, -0.15) is 9.61 Å². The molecule has 2 aliphatic heterocycles. The first-order valence-corrected chi connectivity index (χ1v) is 9.42. The molecule has 2 atom stereocenters. The maximum atomic E-state index is 5.43. The molecular weight excluding hydrogens is 342 g/mol. The summed E-state index contributed by atoms with van der Waals surface area (Å²) in [6, 6.07) is 4.52. The predicted octanol–water partition coefficient (Wildman–Crippen LogP) is 1.94. The molecule has 0 aliphatic carbocycles. The van der Waals surface area contributed by atoms with Crippen LogP contribution in [0.2, 0.25) is 0 Å². The number of nitrogens with zero attached hydrogens (tertiary/aromatic N) is 7. The van der Waals surface area contributed by atoms with Gasteiger partial charge in [-0.1, -0.05) is 0 Å². The van der Waals surface area contributed by atoms with Gasteiger partial charge in [0.2, 0.25) is 0 Å². The van der Waals surface area contributed by atoms with Crippen molar-refractivity contribution in [3.05, 3.63) is 36.4 Å². The van der Waals surface area contributed by atoms with Gasteiger partial charge in [-0.25, -0.2) is 15.0 Å². The van der Waals surface area contributed by atoms with Crippen molar-refractivity contribution in [2.45, 2.75) is 25.8 Å². The van der Waals surface area contributed by atoms with Gasteiger partial charge in [-0.3, -0.25) is 0 Å². The van der Waals surface area contributed by atoms with Crippen LogP contribution in [0.15, 0.2) is 30.7 Å². The number of methoxy groups -OCH3 is 1. The molecule has 5 heterocycles. The first-order valence-electron chi connectivity index (χ1n) is 9.42. The van der Waals surface area contributed by atoms with Gasteiger partial charge in [0, 0.05) is 49.9 Å². The topological polar surface area (TPSA) is 71.7 Å². The molecule has 2 fully saturated rings. The summed E-state index contributed by atoms with van der Waals surface area (Å²) in [5, 5.41) is 4.50. The highest BCUT2D eigenvalue weighted by molar-refractivity contribution is 5.54. The maximum Gasteiger partial charge on any atom is 0.257 e. The smallest absolute Gasteiger partial charge is 0.257 e. The highest BCUT2D eigenvalue weighted by Gasteiger charge is 2.40. The molecule has 0 N–H and O–H groups in total. The average molecular weight is 365 g/mol. The van der Waals surface area contributed by atoms with Gasteiger partial charge in [0.05, 0.1) is 19.3 Å². The number of anilines is 2. The van der Waals surface area contributed by atoms with Gasteiger partial charge >= 0.3 is 0 Å². The standard InChI is InChI=1S/C19H23N7O/c1-13-11-17(26-16(23-13)3-6-22-26)25-10-5-14-4-9-24(12-15(14)25)18-19(27-2)21-8-7-20-18/h3,6-8,11,14-15H,4-5,9-10,12H2,1-2H3. The fourth-order valence-corrected chi connectivity index (χ4v) is 4.52. The van der Waals surface area contributed by atoms with Crippen molar-refractivity contribution >= 4 is 17.3 Å². The predicted molar refractivity (Wildman–Crippen MR) is 102 cm³/mol. The second-order valence-corrected chi connectivity index (χ2v) is 7.29. The zero-order chi connectivity index (χ0) is 18.4. The lowest BCUT2D eigenvalue weighted by Crippen LogP contribution is -2.49. The number of ether oxygens (including phenoxy) is 1. The van der Waals surface area contributed by atoms with Gasteiger partial charge in [-0.15, -0.1) is 0 Å². The molecule has 2 saturated heterocycles. The second kappa shape index (κ2) is 6.37. The van der Waals surface area contributed by atoms with Crippen LogP contribution in [0.5, 0.6) is 5.88 Å². The molecule has 27 heavy (non-hydrogen) atoms. The molecule has 0 bridgehead atoms. The van der Waals surface area contributed by atoms with E-state index in [9.17, 15) is 0 Å². The van der Waals surface area contributed by atoms with Crippen molar-refractivity contribution < 1.29 is 4.74 Å². The lowest BCUT2D eigenvalue weighted by molar-refractivity contribution is 0.371. The van der Waals surface area contributed by atoms with E-state index >= 15 is 0 Å². The molecule has 0 spiro atoms. The van der Waals surface area contributed by atoms with Crippen LogP contribution in [0.1, 0.15) is 18.5 Å². The van der Waals surface area contributed by atoms with Gasteiger partial charge in [0.15, 0.2) is 11.5 Å². The van der Waals surface area contributed by atoms with E-state index in [2.05, 4.69) is 35.9 Å². The third-order valence-corrected chi connectivity index (χ3v) is 5.76. The summed E-state index contributed by atoms with van der Waals surface area (Å²) in [5.41, 5.74) is 1.92. The lowest BCUT2D eigenvalue weighted by Gasteiger charge is -2.39. The summed E-state index contributed by atoms with van der Waals surface area (Å²) in [4.78, 5) is 18.2. The number of rotatable bonds is 3. The quantitative estimate of drug-likeness (QED) is 0.702. The van der Waals surface area contributed by atoms with Crippen molar-refractivity contribution in [3.8, 4) is 5.88 Å². The number of piperidine rings is 1. The zero-order valence-corrected chi connectivity index (χ0v) is 15.6. The van der Waals surface area contributed by atoms with Crippen LogP contribution in [0.4, 0.5) is 11.6 Å². The fraction of sp³-hybridized carbons (Fsp3) is 0.474. The molecule has 140 valence electrons. The first-order chi connectivity index (χ1) is 13.2. The summed E-state index contributed by atoms with van der Waals surface area (Å²) >= 11 is 0. The molecule has 8 heteroatoms. The van der Waals surface area contributed by atoms with Crippen LogP contribution < -0.4 is 14.5 Å². The summed E-state index contributed by atoms with van der Waals surface area (Å²) in [6.07, 6.45) is 7.57. The monoisotopic (exact) mass is 365 g/mol.